The highest BCUT2D eigenvalue weighted by molar-refractivity contribution is 7.89. The lowest BCUT2D eigenvalue weighted by Crippen LogP contribution is -2.31. The number of nitrogens with one attached hydrogen (secondary N) is 2. The zero-order valence-corrected chi connectivity index (χ0v) is 13.4. The van der Waals surface area contributed by atoms with E-state index >= 15 is 0 Å². The zero-order chi connectivity index (χ0) is 14.9. The van der Waals surface area contributed by atoms with Crippen LogP contribution in [0.25, 0.3) is 0 Å². The number of hydrogen-bond acceptors (Lipinski definition) is 3. The Balaban J connectivity index is 1.66. The molecule has 116 valence electrons. The molecule has 1 saturated carbocycles. The Morgan fingerprint density at radius 3 is 3.00 bits per heavy atom. The number of anilines is 1. The molecule has 0 saturated heterocycles. The molecule has 1 fully saturated rings. The predicted molar refractivity (Wildman–Crippen MR) is 84.9 cm³/mol. The van der Waals surface area contributed by atoms with Crippen molar-refractivity contribution in [1.29, 1.82) is 0 Å². The van der Waals surface area contributed by atoms with E-state index in [-0.39, 0.29) is 0 Å². The van der Waals surface area contributed by atoms with Gasteiger partial charge in [-0.1, -0.05) is 25.8 Å². The van der Waals surface area contributed by atoms with Crippen molar-refractivity contribution >= 4 is 15.7 Å². The molecule has 0 amide bonds. The number of fused-ring (bicyclic) bond motifs is 1. The van der Waals surface area contributed by atoms with Gasteiger partial charge in [0, 0.05) is 18.8 Å². The fourth-order valence-electron chi connectivity index (χ4n) is 3.49. The van der Waals surface area contributed by atoms with E-state index in [1.165, 1.54) is 18.4 Å². The number of hydrogen-bond donors (Lipinski definition) is 2. The minimum absolute atomic E-state index is 0.375. The molecular formula is C16H24N2O2S. The van der Waals surface area contributed by atoms with Gasteiger partial charge in [0.1, 0.15) is 0 Å². The maximum atomic E-state index is 12.4. The molecule has 1 aromatic rings. The molecule has 0 bridgehead atoms. The third kappa shape index (κ3) is 3.40. The molecule has 1 heterocycles. The van der Waals surface area contributed by atoms with E-state index in [0.717, 1.165) is 37.4 Å². The van der Waals surface area contributed by atoms with Gasteiger partial charge in [-0.15, -0.1) is 0 Å². The van der Waals surface area contributed by atoms with Crippen LogP contribution in [0.3, 0.4) is 0 Å². The van der Waals surface area contributed by atoms with E-state index < -0.39 is 10.0 Å². The van der Waals surface area contributed by atoms with Crippen LogP contribution in [-0.2, 0) is 16.4 Å². The highest BCUT2D eigenvalue weighted by atomic mass is 32.2. The lowest BCUT2D eigenvalue weighted by molar-refractivity contribution is 0.283. The van der Waals surface area contributed by atoms with Gasteiger partial charge in [-0.3, -0.25) is 0 Å². The Bertz CT molecular complexity index is 613. The topological polar surface area (TPSA) is 58.2 Å². The van der Waals surface area contributed by atoms with Crippen LogP contribution in [0.4, 0.5) is 5.69 Å². The highest BCUT2D eigenvalue weighted by Crippen LogP contribution is 2.29. The van der Waals surface area contributed by atoms with E-state index in [9.17, 15) is 8.42 Å². The monoisotopic (exact) mass is 308 g/mol. The van der Waals surface area contributed by atoms with Gasteiger partial charge in [-0.05, 0) is 48.8 Å². The molecule has 1 aliphatic heterocycles. The van der Waals surface area contributed by atoms with Crippen molar-refractivity contribution in [3.05, 3.63) is 23.8 Å². The minimum atomic E-state index is -3.39. The summed E-state index contributed by atoms with van der Waals surface area (Å²) in [4.78, 5) is 0.375. The van der Waals surface area contributed by atoms with Crippen LogP contribution in [0.5, 0.6) is 0 Å². The third-order valence-electron chi connectivity index (χ3n) is 4.71. The molecule has 2 N–H and O–H groups in total. The smallest absolute Gasteiger partial charge is 0.240 e. The largest absolute Gasteiger partial charge is 0.384 e. The Labute approximate surface area is 127 Å². The average Bonchev–Trinajstić information content (AvgIpc) is 2.93. The molecule has 2 atom stereocenters. The van der Waals surface area contributed by atoms with Crippen LogP contribution in [-0.4, -0.2) is 21.5 Å². The van der Waals surface area contributed by atoms with Gasteiger partial charge in [0.15, 0.2) is 0 Å². The van der Waals surface area contributed by atoms with Crippen LogP contribution in [0.15, 0.2) is 23.1 Å². The lowest BCUT2D eigenvalue weighted by Gasteiger charge is -2.26. The van der Waals surface area contributed by atoms with Crippen LogP contribution >= 0.6 is 0 Å². The minimum Gasteiger partial charge on any atom is -0.384 e. The van der Waals surface area contributed by atoms with Crippen molar-refractivity contribution in [3.63, 3.8) is 0 Å². The van der Waals surface area contributed by atoms with Crippen molar-refractivity contribution < 1.29 is 8.42 Å². The van der Waals surface area contributed by atoms with Gasteiger partial charge in [0.05, 0.1) is 4.90 Å². The first-order valence-electron chi connectivity index (χ1n) is 7.91. The second kappa shape index (κ2) is 5.97. The molecular weight excluding hydrogens is 284 g/mol. The van der Waals surface area contributed by atoms with Gasteiger partial charge in [0.2, 0.25) is 10.0 Å². The molecule has 0 radical (unpaired) electrons. The first-order valence-corrected chi connectivity index (χ1v) is 9.39. The Morgan fingerprint density at radius 2 is 2.19 bits per heavy atom. The van der Waals surface area contributed by atoms with E-state index in [4.69, 9.17) is 0 Å². The summed E-state index contributed by atoms with van der Waals surface area (Å²) in [6, 6.07) is 5.40. The second-order valence-corrected chi connectivity index (χ2v) is 8.25. The van der Waals surface area contributed by atoms with Crippen molar-refractivity contribution in [2.24, 2.45) is 11.8 Å². The van der Waals surface area contributed by atoms with Gasteiger partial charge in [-0.25, -0.2) is 13.1 Å². The van der Waals surface area contributed by atoms with Crippen LogP contribution in [0, 0.1) is 11.8 Å². The predicted octanol–water partition coefficient (Wildman–Crippen LogP) is 2.76. The highest BCUT2D eigenvalue weighted by Gasteiger charge is 2.22. The summed E-state index contributed by atoms with van der Waals surface area (Å²) in [5.41, 5.74) is 2.17. The van der Waals surface area contributed by atoms with E-state index in [1.54, 1.807) is 12.1 Å². The second-order valence-electron chi connectivity index (χ2n) is 6.49. The van der Waals surface area contributed by atoms with Crippen LogP contribution in [0.1, 0.15) is 38.2 Å². The van der Waals surface area contributed by atoms with Gasteiger partial charge in [0.25, 0.3) is 0 Å². The van der Waals surface area contributed by atoms with Crippen molar-refractivity contribution in [3.8, 4) is 0 Å². The molecule has 5 heteroatoms. The number of benzene rings is 1. The first-order chi connectivity index (χ1) is 10.0. The Kier molecular flexibility index (Phi) is 4.22. The van der Waals surface area contributed by atoms with Crippen molar-refractivity contribution in [1.82, 2.24) is 4.72 Å². The average molecular weight is 308 g/mol. The summed E-state index contributed by atoms with van der Waals surface area (Å²) in [5.74, 6) is 1.20. The van der Waals surface area contributed by atoms with Crippen LogP contribution in [0.2, 0.25) is 0 Å². The standard InChI is InChI=1S/C16H24N2O2S/c1-12-3-2-4-13(9-12)11-18-21(19,20)15-6-5-14-7-8-17-16(14)10-15/h5-6,10,12-13,17-18H,2-4,7-9,11H2,1H3. The summed E-state index contributed by atoms with van der Waals surface area (Å²) in [6.07, 6.45) is 5.74. The molecule has 1 aromatic carbocycles. The van der Waals surface area contributed by atoms with E-state index in [1.807, 2.05) is 6.07 Å². The fraction of sp³-hybridized carbons (Fsp3) is 0.625. The lowest BCUT2D eigenvalue weighted by atomic mass is 9.83. The van der Waals surface area contributed by atoms with Gasteiger partial charge < -0.3 is 5.32 Å². The quantitative estimate of drug-likeness (QED) is 0.899. The van der Waals surface area contributed by atoms with E-state index in [0.29, 0.717) is 17.4 Å². The summed E-state index contributed by atoms with van der Waals surface area (Å²) in [5, 5.41) is 3.23. The molecule has 21 heavy (non-hydrogen) atoms. The summed E-state index contributed by atoms with van der Waals surface area (Å²) < 4.78 is 27.6. The summed E-state index contributed by atoms with van der Waals surface area (Å²) >= 11 is 0. The molecule has 2 aliphatic rings. The van der Waals surface area contributed by atoms with E-state index in [2.05, 4.69) is 17.0 Å². The van der Waals surface area contributed by atoms with Gasteiger partial charge >= 0.3 is 0 Å². The molecule has 0 spiro atoms. The first kappa shape index (κ1) is 14.9. The van der Waals surface area contributed by atoms with Crippen LogP contribution < -0.4 is 10.0 Å². The summed E-state index contributed by atoms with van der Waals surface area (Å²) in [6.45, 7) is 3.72. The number of rotatable bonds is 4. The maximum Gasteiger partial charge on any atom is 0.240 e. The fourth-order valence-corrected chi connectivity index (χ4v) is 4.64. The molecule has 0 aromatic heterocycles. The zero-order valence-electron chi connectivity index (χ0n) is 12.6. The van der Waals surface area contributed by atoms with Gasteiger partial charge in [-0.2, -0.15) is 0 Å². The summed E-state index contributed by atoms with van der Waals surface area (Å²) in [7, 11) is -3.39. The van der Waals surface area contributed by atoms with Crippen molar-refractivity contribution in [2.75, 3.05) is 18.4 Å². The molecule has 1 aliphatic carbocycles. The number of sulfonamides is 1. The third-order valence-corrected chi connectivity index (χ3v) is 6.13. The van der Waals surface area contributed by atoms with Crippen molar-refractivity contribution in [2.45, 2.75) is 43.9 Å². The normalized spacial score (nSPS) is 25.4. The SMILES string of the molecule is CC1CCCC(CNS(=O)(=O)c2ccc3c(c2)NCC3)C1. The Hall–Kier alpha value is -1.07. The molecule has 2 unspecified atom stereocenters. The molecule has 4 nitrogen and oxygen atoms in total. The Morgan fingerprint density at radius 1 is 1.33 bits per heavy atom. The molecule has 3 rings (SSSR count). The maximum absolute atomic E-state index is 12.4.